The Kier molecular flexibility index (Phi) is 8.00. The summed E-state index contributed by atoms with van der Waals surface area (Å²) >= 11 is 0. The molecule has 0 bridgehead atoms. The fourth-order valence-electron chi connectivity index (χ4n) is 4.13. The van der Waals surface area contributed by atoms with Gasteiger partial charge < -0.3 is 19.6 Å². The Bertz CT molecular complexity index is 1300. The number of carbonyl (C=O) groups is 2. The molecule has 1 aliphatic rings. The molecule has 202 valence electrons. The van der Waals surface area contributed by atoms with Crippen LogP contribution in [0.1, 0.15) is 42.4 Å². The van der Waals surface area contributed by atoms with Gasteiger partial charge in [-0.3, -0.25) is 4.79 Å². The number of ether oxygens (including phenoxy) is 1. The molecule has 3 rings (SSSR count). The number of piperazine rings is 1. The molecule has 2 heterocycles. The van der Waals surface area contributed by atoms with E-state index in [9.17, 15) is 31.2 Å². The highest BCUT2D eigenvalue weighted by Gasteiger charge is 2.40. The molecule has 1 unspecified atom stereocenters. The molecule has 10 nitrogen and oxygen atoms in total. The summed E-state index contributed by atoms with van der Waals surface area (Å²) in [5, 5.41) is 9.12. The minimum absolute atomic E-state index is 0.0113. The van der Waals surface area contributed by atoms with Crippen molar-refractivity contribution in [2.45, 2.75) is 44.5 Å². The van der Waals surface area contributed by atoms with Crippen LogP contribution in [0.5, 0.6) is 0 Å². The van der Waals surface area contributed by atoms with E-state index in [0.717, 1.165) is 6.26 Å². The number of hydrogen-bond acceptors (Lipinski definition) is 9. The average molecular weight is 545 g/mol. The molecule has 1 N–H and O–H groups in total. The molecule has 14 heteroatoms. The van der Waals surface area contributed by atoms with Crippen molar-refractivity contribution in [3.8, 4) is 0 Å². The summed E-state index contributed by atoms with van der Waals surface area (Å²) in [6.07, 6.45) is -3.26. The number of rotatable bonds is 7. The van der Waals surface area contributed by atoms with Crippen molar-refractivity contribution < 1.29 is 41.0 Å². The van der Waals surface area contributed by atoms with E-state index in [4.69, 9.17) is 9.84 Å². The van der Waals surface area contributed by atoms with Gasteiger partial charge in [0.25, 0.3) is 0 Å². The predicted octanol–water partition coefficient (Wildman–Crippen LogP) is 3.01. The molecule has 1 saturated heterocycles. The molecule has 1 aromatic heterocycles. The molecule has 0 saturated carbocycles. The highest BCUT2D eigenvalue weighted by molar-refractivity contribution is 7.90. The number of alkyl halides is 3. The maximum absolute atomic E-state index is 13.5. The molecule has 1 aliphatic heterocycles. The van der Waals surface area contributed by atoms with Gasteiger partial charge in [0.2, 0.25) is 5.95 Å². The smallest absolute Gasteiger partial charge is 0.434 e. The molecule has 0 amide bonds. The molecular formula is C23H27F3N4O6S. The Morgan fingerprint density at radius 1 is 1.24 bits per heavy atom. The summed E-state index contributed by atoms with van der Waals surface area (Å²) in [5.41, 5.74) is -1.64. The third-order valence-corrected chi connectivity index (χ3v) is 7.15. The number of carboxylic acid groups (broad SMARTS) is 1. The first-order chi connectivity index (χ1) is 17.1. The van der Waals surface area contributed by atoms with Gasteiger partial charge in [0, 0.05) is 50.3 Å². The third kappa shape index (κ3) is 6.48. The van der Waals surface area contributed by atoms with Crippen LogP contribution >= 0.6 is 0 Å². The van der Waals surface area contributed by atoms with E-state index in [1.54, 1.807) is 17.0 Å². The number of esters is 1. The third-order valence-electron chi connectivity index (χ3n) is 5.97. The lowest BCUT2D eigenvalue weighted by Crippen LogP contribution is -2.56. The van der Waals surface area contributed by atoms with Crippen molar-refractivity contribution in [1.29, 1.82) is 0 Å². The second kappa shape index (κ2) is 10.5. The molecule has 37 heavy (non-hydrogen) atoms. The Labute approximate surface area is 212 Å². The van der Waals surface area contributed by atoms with Crippen LogP contribution < -0.4 is 9.80 Å². The maximum Gasteiger partial charge on any atom is 0.434 e. The van der Waals surface area contributed by atoms with E-state index < -0.39 is 39.2 Å². The number of hydrogen-bond donors (Lipinski definition) is 1. The van der Waals surface area contributed by atoms with E-state index in [2.05, 4.69) is 9.97 Å². The molecule has 2 aromatic rings. The number of halogens is 3. The molecule has 1 fully saturated rings. The first kappa shape index (κ1) is 28.2. The zero-order valence-corrected chi connectivity index (χ0v) is 21.4. The summed E-state index contributed by atoms with van der Waals surface area (Å²) in [6, 6.07) is 4.38. The number of aromatic nitrogens is 2. The highest BCUT2D eigenvalue weighted by atomic mass is 32.2. The number of benzene rings is 1. The van der Waals surface area contributed by atoms with Gasteiger partial charge in [-0.05, 0) is 18.1 Å². The summed E-state index contributed by atoms with van der Waals surface area (Å²) in [6.45, 7) is 5.60. The second-order valence-electron chi connectivity index (χ2n) is 9.03. The van der Waals surface area contributed by atoms with Gasteiger partial charge in [-0.2, -0.15) is 13.2 Å². The largest absolute Gasteiger partial charge is 0.478 e. The maximum atomic E-state index is 13.5. The van der Waals surface area contributed by atoms with Crippen LogP contribution in [-0.2, 0) is 32.2 Å². The lowest BCUT2D eigenvalue weighted by molar-refractivity contribution is -0.142. The van der Waals surface area contributed by atoms with Crippen LogP contribution in [0.15, 0.2) is 29.3 Å². The van der Waals surface area contributed by atoms with E-state index >= 15 is 0 Å². The number of aromatic carboxylic acids is 1. The molecule has 0 radical (unpaired) electrons. The lowest BCUT2D eigenvalue weighted by Gasteiger charge is -2.44. The van der Waals surface area contributed by atoms with Crippen LogP contribution in [0, 0.1) is 5.92 Å². The molecule has 0 spiro atoms. The SMILES string of the molecule is CC(=O)OCc1ccc(N2CCN(c3ncc(C(=O)O)c(C(F)(F)F)n3)C(C(C)C)C2)cc1S(C)(=O)=O. The molecular weight excluding hydrogens is 517 g/mol. The van der Waals surface area contributed by atoms with E-state index in [0.29, 0.717) is 30.5 Å². The van der Waals surface area contributed by atoms with Crippen LogP contribution in [-0.4, -0.2) is 67.4 Å². The van der Waals surface area contributed by atoms with Gasteiger partial charge in [-0.15, -0.1) is 0 Å². The Morgan fingerprint density at radius 2 is 1.92 bits per heavy atom. The lowest BCUT2D eigenvalue weighted by atomic mass is 9.99. The van der Waals surface area contributed by atoms with Crippen LogP contribution in [0.3, 0.4) is 0 Å². The number of nitrogens with zero attached hydrogens (tertiary/aromatic N) is 4. The van der Waals surface area contributed by atoms with Crippen molar-refractivity contribution in [1.82, 2.24) is 9.97 Å². The van der Waals surface area contributed by atoms with Crippen LogP contribution in [0.4, 0.5) is 24.8 Å². The monoisotopic (exact) mass is 544 g/mol. The Morgan fingerprint density at radius 3 is 2.46 bits per heavy atom. The predicted molar refractivity (Wildman–Crippen MR) is 127 cm³/mol. The fraction of sp³-hybridized carbons (Fsp3) is 0.478. The van der Waals surface area contributed by atoms with Crippen molar-refractivity contribution in [3.05, 3.63) is 41.2 Å². The van der Waals surface area contributed by atoms with E-state index in [1.165, 1.54) is 13.0 Å². The first-order valence-electron chi connectivity index (χ1n) is 11.2. The van der Waals surface area contributed by atoms with Crippen LogP contribution in [0.2, 0.25) is 0 Å². The zero-order valence-electron chi connectivity index (χ0n) is 20.6. The summed E-state index contributed by atoms with van der Waals surface area (Å²) in [4.78, 5) is 33.5. The summed E-state index contributed by atoms with van der Waals surface area (Å²) < 4.78 is 70.3. The topological polar surface area (TPSA) is 130 Å². The highest BCUT2D eigenvalue weighted by Crippen LogP contribution is 2.33. The molecule has 0 aliphatic carbocycles. The van der Waals surface area contributed by atoms with Gasteiger partial charge in [0.1, 0.15) is 12.2 Å². The second-order valence-corrected chi connectivity index (χ2v) is 11.0. The fourth-order valence-corrected chi connectivity index (χ4v) is 5.07. The number of sulfone groups is 1. The minimum atomic E-state index is -4.98. The normalized spacial score (nSPS) is 16.7. The zero-order chi connectivity index (χ0) is 27.7. The van der Waals surface area contributed by atoms with Crippen LogP contribution in [0.25, 0.3) is 0 Å². The van der Waals surface area contributed by atoms with Gasteiger partial charge in [-0.1, -0.05) is 19.9 Å². The Hall–Kier alpha value is -3.42. The average Bonchev–Trinajstić information content (AvgIpc) is 2.80. The quantitative estimate of drug-likeness (QED) is 0.519. The minimum Gasteiger partial charge on any atom is -0.478 e. The first-order valence-corrected chi connectivity index (χ1v) is 13.1. The van der Waals surface area contributed by atoms with Gasteiger partial charge in [0.05, 0.1) is 10.9 Å². The summed E-state index contributed by atoms with van der Waals surface area (Å²) in [7, 11) is -3.66. The van der Waals surface area contributed by atoms with E-state index in [-0.39, 0.29) is 36.0 Å². The van der Waals surface area contributed by atoms with Crippen molar-refractivity contribution in [3.63, 3.8) is 0 Å². The van der Waals surface area contributed by atoms with Crippen molar-refractivity contribution >= 4 is 33.4 Å². The molecule has 1 aromatic carbocycles. The standard InChI is InChI=1S/C23H27F3N4O6S/c1-13(2)18-11-29(16-6-5-15(12-36-14(3)31)19(9-16)37(4,34)35)7-8-30(18)22-27-10-17(21(32)33)20(28-22)23(24,25)26/h5-6,9-10,13,18H,7-8,11-12H2,1-4H3,(H,32,33). The summed E-state index contributed by atoms with van der Waals surface area (Å²) in [5.74, 6) is -2.63. The number of anilines is 2. The Balaban J connectivity index is 1.94. The van der Waals surface area contributed by atoms with Gasteiger partial charge >= 0.3 is 18.1 Å². The number of carbonyl (C=O) groups excluding carboxylic acids is 1. The molecule has 1 atom stereocenters. The van der Waals surface area contributed by atoms with Crippen molar-refractivity contribution in [2.24, 2.45) is 5.92 Å². The van der Waals surface area contributed by atoms with Crippen molar-refractivity contribution in [2.75, 3.05) is 35.7 Å². The van der Waals surface area contributed by atoms with Gasteiger partial charge in [0.15, 0.2) is 15.5 Å². The number of carboxylic acids is 1. The van der Waals surface area contributed by atoms with Gasteiger partial charge in [-0.25, -0.2) is 23.2 Å². The van der Waals surface area contributed by atoms with E-state index in [1.807, 2.05) is 18.7 Å².